The topological polar surface area (TPSA) is 32.8 Å². The summed E-state index contributed by atoms with van der Waals surface area (Å²) in [6.07, 6.45) is 0. The summed E-state index contributed by atoms with van der Waals surface area (Å²) in [6.45, 7) is 10.2. The Kier molecular flexibility index (Phi) is 5.12. The molecule has 0 unspecified atom stereocenters. The summed E-state index contributed by atoms with van der Waals surface area (Å²) in [6, 6.07) is 7.09. The van der Waals surface area contributed by atoms with Gasteiger partial charge in [-0.05, 0) is 44.7 Å². The van der Waals surface area contributed by atoms with Crippen LogP contribution in [0.25, 0.3) is 0 Å². The Morgan fingerprint density at radius 3 is 2.29 bits per heavy atom. The van der Waals surface area contributed by atoms with Crippen LogP contribution in [-0.2, 0) is 4.79 Å². The zero-order valence-electron chi connectivity index (χ0n) is 12.9. The van der Waals surface area contributed by atoms with E-state index in [1.54, 1.807) is 24.3 Å². The first-order valence-electron chi connectivity index (χ1n) is 7.38. The molecule has 0 atom stereocenters. The summed E-state index contributed by atoms with van der Waals surface area (Å²) in [5.74, 6) is 0.693. The molecular weight excluding hydrogens is 288 g/mol. The Bertz CT molecular complexity index is 480. The van der Waals surface area contributed by atoms with E-state index in [0.717, 1.165) is 32.7 Å². The molecule has 1 amide bonds. The summed E-state index contributed by atoms with van der Waals surface area (Å²) in [5, 5.41) is 0.655. The van der Waals surface area contributed by atoms with Crippen molar-refractivity contribution in [2.45, 2.75) is 26.4 Å². The molecule has 1 saturated heterocycles. The standard InChI is InChI=1S/C16H23ClN2O2/c1-4-18-9-11-19(12-10-18)15(20)16(2,3)21-14-7-5-13(17)6-8-14/h5-8H,4,9-12H2,1-3H3. The summed E-state index contributed by atoms with van der Waals surface area (Å²) in [4.78, 5) is 16.9. The molecule has 5 heteroatoms. The average molecular weight is 311 g/mol. The number of hydrogen-bond donors (Lipinski definition) is 0. The molecule has 116 valence electrons. The van der Waals surface area contributed by atoms with E-state index in [2.05, 4.69) is 11.8 Å². The predicted octanol–water partition coefficient (Wildman–Crippen LogP) is 2.66. The highest BCUT2D eigenvalue weighted by atomic mass is 35.5. The summed E-state index contributed by atoms with van der Waals surface area (Å²) in [5.41, 5.74) is -0.873. The van der Waals surface area contributed by atoms with Crippen molar-refractivity contribution < 1.29 is 9.53 Å². The van der Waals surface area contributed by atoms with Crippen molar-refractivity contribution in [1.29, 1.82) is 0 Å². The molecule has 0 spiro atoms. The normalized spacial score (nSPS) is 16.9. The Hall–Kier alpha value is -1.26. The van der Waals surface area contributed by atoms with Crippen LogP contribution in [0.1, 0.15) is 20.8 Å². The number of rotatable bonds is 4. The van der Waals surface area contributed by atoms with E-state index in [1.807, 2.05) is 18.7 Å². The van der Waals surface area contributed by atoms with Crippen molar-refractivity contribution in [3.8, 4) is 5.75 Å². The van der Waals surface area contributed by atoms with Gasteiger partial charge in [0.2, 0.25) is 0 Å². The molecule has 1 fully saturated rings. The van der Waals surface area contributed by atoms with E-state index in [9.17, 15) is 4.79 Å². The van der Waals surface area contributed by atoms with Gasteiger partial charge in [-0.3, -0.25) is 4.79 Å². The molecule has 1 aromatic rings. The summed E-state index contributed by atoms with van der Waals surface area (Å²) >= 11 is 5.86. The van der Waals surface area contributed by atoms with Gasteiger partial charge in [0, 0.05) is 31.2 Å². The lowest BCUT2D eigenvalue weighted by molar-refractivity contribution is -0.147. The molecule has 1 heterocycles. The van der Waals surface area contributed by atoms with Crippen molar-refractivity contribution in [3.63, 3.8) is 0 Å². The number of amides is 1. The van der Waals surface area contributed by atoms with Crippen molar-refractivity contribution in [2.24, 2.45) is 0 Å². The van der Waals surface area contributed by atoms with Crippen LogP contribution in [0.3, 0.4) is 0 Å². The van der Waals surface area contributed by atoms with E-state index < -0.39 is 5.60 Å². The smallest absolute Gasteiger partial charge is 0.266 e. The molecule has 0 saturated carbocycles. The van der Waals surface area contributed by atoms with E-state index >= 15 is 0 Å². The predicted molar refractivity (Wildman–Crippen MR) is 84.9 cm³/mol. The number of benzene rings is 1. The van der Waals surface area contributed by atoms with Crippen LogP contribution in [0.2, 0.25) is 5.02 Å². The minimum absolute atomic E-state index is 0.0354. The van der Waals surface area contributed by atoms with Crippen molar-refractivity contribution >= 4 is 17.5 Å². The average Bonchev–Trinajstić information content (AvgIpc) is 2.49. The monoisotopic (exact) mass is 310 g/mol. The Balaban J connectivity index is 1.98. The maximum Gasteiger partial charge on any atom is 0.266 e. The van der Waals surface area contributed by atoms with Crippen molar-refractivity contribution in [2.75, 3.05) is 32.7 Å². The van der Waals surface area contributed by atoms with Gasteiger partial charge in [-0.2, -0.15) is 0 Å². The molecule has 1 aliphatic rings. The first-order valence-corrected chi connectivity index (χ1v) is 7.76. The van der Waals surface area contributed by atoms with E-state index in [4.69, 9.17) is 16.3 Å². The third kappa shape index (κ3) is 4.11. The number of halogens is 1. The Morgan fingerprint density at radius 2 is 1.76 bits per heavy atom. The largest absolute Gasteiger partial charge is 0.478 e. The van der Waals surface area contributed by atoms with Gasteiger partial charge in [0.05, 0.1) is 0 Å². The fraction of sp³-hybridized carbons (Fsp3) is 0.562. The summed E-state index contributed by atoms with van der Waals surface area (Å²) in [7, 11) is 0. The molecule has 0 radical (unpaired) electrons. The molecule has 4 nitrogen and oxygen atoms in total. The number of ether oxygens (including phenoxy) is 1. The van der Waals surface area contributed by atoms with Gasteiger partial charge in [0.15, 0.2) is 5.60 Å². The lowest BCUT2D eigenvalue weighted by Crippen LogP contribution is -2.55. The second-order valence-corrected chi connectivity index (χ2v) is 6.23. The SMILES string of the molecule is CCN1CCN(C(=O)C(C)(C)Oc2ccc(Cl)cc2)CC1. The number of hydrogen-bond acceptors (Lipinski definition) is 3. The lowest BCUT2D eigenvalue weighted by atomic mass is 10.1. The van der Waals surface area contributed by atoms with Gasteiger partial charge < -0.3 is 14.5 Å². The van der Waals surface area contributed by atoms with E-state index in [1.165, 1.54) is 0 Å². The number of piperazine rings is 1. The van der Waals surface area contributed by atoms with Crippen LogP contribution in [0.5, 0.6) is 5.75 Å². The van der Waals surface area contributed by atoms with Crippen LogP contribution in [-0.4, -0.2) is 54.0 Å². The van der Waals surface area contributed by atoms with Crippen LogP contribution in [0.15, 0.2) is 24.3 Å². The van der Waals surface area contributed by atoms with Crippen molar-refractivity contribution in [3.05, 3.63) is 29.3 Å². The maximum absolute atomic E-state index is 12.6. The number of carbonyl (C=O) groups excluding carboxylic acids is 1. The fourth-order valence-corrected chi connectivity index (χ4v) is 2.61. The third-order valence-electron chi connectivity index (χ3n) is 3.81. The molecule has 0 aliphatic carbocycles. The minimum atomic E-state index is -0.873. The molecular formula is C16H23ClN2O2. The molecule has 0 N–H and O–H groups in total. The molecule has 21 heavy (non-hydrogen) atoms. The van der Waals surface area contributed by atoms with Crippen LogP contribution < -0.4 is 4.74 Å². The number of nitrogens with zero attached hydrogens (tertiary/aromatic N) is 2. The molecule has 0 bridgehead atoms. The Labute approximate surface area is 131 Å². The van der Waals surface area contributed by atoms with Gasteiger partial charge >= 0.3 is 0 Å². The molecule has 1 aliphatic heterocycles. The van der Waals surface area contributed by atoms with Crippen LogP contribution >= 0.6 is 11.6 Å². The van der Waals surface area contributed by atoms with E-state index in [0.29, 0.717) is 10.8 Å². The number of likely N-dealkylation sites (N-methyl/N-ethyl adjacent to an activating group) is 1. The van der Waals surface area contributed by atoms with Gasteiger partial charge in [0.1, 0.15) is 5.75 Å². The first-order chi connectivity index (χ1) is 9.92. The van der Waals surface area contributed by atoms with Crippen LogP contribution in [0, 0.1) is 0 Å². The highest BCUT2D eigenvalue weighted by Crippen LogP contribution is 2.22. The Morgan fingerprint density at radius 1 is 1.19 bits per heavy atom. The van der Waals surface area contributed by atoms with Gasteiger partial charge in [-0.15, -0.1) is 0 Å². The van der Waals surface area contributed by atoms with Gasteiger partial charge in [0.25, 0.3) is 5.91 Å². The second kappa shape index (κ2) is 6.67. The second-order valence-electron chi connectivity index (χ2n) is 5.79. The van der Waals surface area contributed by atoms with Crippen molar-refractivity contribution in [1.82, 2.24) is 9.80 Å². The third-order valence-corrected chi connectivity index (χ3v) is 4.06. The van der Waals surface area contributed by atoms with Gasteiger partial charge in [-0.25, -0.2) is 0 Å². The zero-order valence-corrected chi connectivity index (χ0v) is 13.7. The highest BCUT2D eigenvalue weighted by Gasteiger charge is 2.35. The van der Waals surface area contributed by atoms with Gasteiger partial charge in [-0.1, -0.05) is 18.5 Å². The minimum Gasteiger partial charge on any atom is -0.478 e. The first kappa shape index (κ1) is 16.1. The maximum atomic E-state index is 12.6. The lowest BCUT2D eigenvalue weighted by Gasteiger charge is -2.38. The fourth-order valence-electron chi connectivity index (χ4n) is 2.49. The van der Waals surface area contributed by atoms with Crippen LogP contribution in [0.4, 0.5) is 0 Å². The zero-order chi connectivity index (χ0) is 15.5. The molecule has 0 aromatic heterocycles. The quantitative estimate of drug-likeness (QED) is 0.857. The molecule has 2 rings (SSSR count). The van der Waals surface area contributed by atoms with E-state index in [-0.39, 0.29) is 5.91 Å². The summed E-state index contributed by atoms with van der Waals surface area (Å²) < 4.78 is 5.86. The number of carbonyl (C=O) groups is 1. The highest BCUT2D eigenvalue weighted by molar-refractivity contribution is 6.30. The molecule has 1 aromatic carbocycles.